The Bertz CT molecular complexity index is 1430. The number of hydrogen-bond acceptors (Lipinski definition) is 7. The molecule has 2 aromatic carbocycles. The Morgan fingerprint density at radius 3 is 2.67 bits per heavy atom. The molecule has 2 amide bonds. The van der Waals surface area contributed by atoms with Crippen molar-refractivity contribution in [3.63, 3.8) is 0 Å². The number of aryl methyl sites for hydroxylation is 2. The number of hydrogen-bond donors (Lipinski definition) is 2. The van der Waals surface area contributed by atoms with Crippen molar-refractivity contribution in [2.45, 2.75) is 32.9 Å². The van der Waals surface area contributed by atoms with Crippen LogP contribution in [0, 0.1) is 12.8 Å². The number of carbonyl (C=O) groups is 2. The second kappa shape index (κ2) is 11.1. The first-order valence-corrected chi connectivity index (χ1v) is 14.1. The van der Waals surface area contributed by atoms with Crippen molar-refractivity contribution < 1.29 is 14.4 Å². The number of carbonyl (C=O) groups excluding carboxylic acids is 2. The van der Waals surface area contributed by atoms with Crippen LogP contribution in [0.3, 0.4) is 0 Å². The summed E-state index contributed by atoms with van der Waals surface area (Å²) < 4.78 is 1.75. The van der Waals surface area contributed by atoms with Crippen LogP contribution in [0.15, 0.2) is 42.6 Å². The molecule has 1 saturated heterocycles. The molecule has 11 heteroatoms. The lowest BCUT2D eigenvalue weighted by Crippen LogP contribution is -2.48. The lowest BCUT2D eigenvalue weighted by molar-refractivity contribution is -0.123. The lowest BCUT2D eigenvalue weighted by Gasteiger charge is -2.33. The maximum Gasteiger partial charge on any atom is 0.426 e. The summed E-state index contributed by atoms with van der Waals surface area (Å²) in [5, 5.41) is 12.9. The summed E-state index contributed by atoms with van der Waals surface area (Å²) in [5.41, 5.74) is 4.77. The summed E-state index contributed by atoms with van der Waals surface area (Å²) in [6.45, 7) is 7.07. The van der Waals surface area contributed by atoms with Gasteiger partial charge in [0, 0.05) is 62.5 Å². The quantitative estimate of drug-likeness (QED) is 0.457. The van der Waals surface area contributed by atoms with Gasteiger partial charge in [-0.2, -0.15) is 5.10 Å². The molecule has 0 radical (unpaired) electrons. The molecule has 2 fully saturated rings. The molecular weight excluding hydrogens is 530 g/mol. The van der Waals surface area contributed by atoms with Gasteiger partial charge in [-0.15, -0.1) is 5.06 Å². The van der Waals surface area contributed by atoms with Crippen molar-refractivity contribution in [1.29, 1.82) is 0 Å². The van der Waals surface area contributed by atoms with Gasteiger partial charge >= 0.3 is 6.09 Å². The van der Waals surface area contributed by atoms with E-state index in [-0.39, 0.29) is 5.91 Å². The van der Waals surface area contributed by atoms with Gasteiger partial charge in [0.05, 0.1) is 24.1 Å². The third kappa shape index (κ3) is 5.79. The Balaban J connectivity index is 1.09. The molecule has 0 unspecified atom stereocenters. The third-order valence-electron chi connectivity index (χ3n) is 7.86. The predicted octanol–water partition coefficient (Wildman–Crippen LogP) is 4.45. The standard InChI is InChI=1S/C29H34ClN7O3/c1-19-13-21(5-6-22(19)15-31-29(39)40-36-11-9-35(10-12-36)17-20-3-4-20)28(38)37-18-23-16-32-34(2)27(23)33-25-14-24(30)7-8-26(25)37/h5-8,13-14,16,20,33H,3-4,9-12,15,17-18H2,1-2H3,(H,31,39). The molecule has 1 aliphatic carbocycles. The summed E-state index contributed by atoms with van der Waals surface area (Å²) >= 11 is 6.27. The maximum atomic E-state index is 13.8. The molecule has 10 nitrogen and oxygen atoms in total. The fourth-order valence-electron chi connectivity index (χ4n) is 5.34. The van der Waals surface area contributed by atoms with Crippen LogP contribution in [0.1, 0.15) is 39.9 Å². The van der Waals surface area contributed by atoms with E-state index in [1.54, 1.807) is 33.0 Å². The molecule has 2 N–H and O–H groups in total. The van der Waals surface area contributed by atoms with Crippen LogP contribution in [0.4, 0.5) is 22.0 Å². The van der Waals surface area contributed by atoms with Crippen LogP contribution >= 0.6 is 11.6 Å². The van der Waals surface area contributed by atoms with E-state index in [1.165, 1.54) is 12.8 Å². The Labute approximate surface area is 238 Å². The molecule has 0 spiro atoms. The van der Waals surface area contributed by atoms with Gasteiger partial charge in [0.2, 0.25) is 0 Å². The molecule has 1 saturated carbocycles. The van der Waals surface area contributed by atoms with Crippen molar-refractivity contribution in [2.24, 2.45) is 13.0 Å². The Morgan fingerprint density at radius 1 is 1.12 bits per heavy atom. The van der Waals surface area contributed by atoms with Gasteiger partial charge in [-0.3, -0.25) is 9.48 Å². The third-order valence-corrected chi connectivity index (χ3v) is 8.10. The number of rotatable bonds is 6. The molecule has 210 valence electrons. The molecule has 1 aromatic heterocycles. The van der Waals surface area contributed by atoms with Crippen molar-refractivity contribution in [2.75, 3.05) is 42.9 Å². The van der Waals surface area contributed by atoms with Crippen molar-refractivity contribution in [3.05, 3.63) is 69.9 Å². The lowest BCUT2D eigenvalue weighted by atomic mass is 10.0. The predicted molar refractivity (Wildman–Crippen MR) is 154 cm³/mol. The highest BCUT2D eigenvalue weighted by atomic mass is 35.5. The van der Waals surface area contributed by atoms with E-state index in [0.717, 1.165) is 72.5 Å². The summed E-state index contributed by atoms with van der Waals surface area (Å²) in [4.78, 5) is 36.0. The first-order valence-electron chi connectivity index (χ1n) is 13.8. The second-order valence-corrected chi connectivity index (χ2v) is 11.3. The maximum absolute atomic E-state index is 13.8. The highest BCUT2D eigenvalue weighted by Crippen LogP contribution is 2.38. The van der Waals surface area contributed by atoms with Gasteiger partial charge in [0.15, 0.2) is 0 Å². The molecule has 3 heterocycles. The average Bonchev–Trinajstić information content (AvgIpc) is 3.72. The first-order chi connectivity index (χ1) is 19.3. The largest absolute Gasteiger partial charge is 0.426 e. The van der Waals surface area contributed by atoms with E-state index >= 15 is 0 Å². The van der Waals surface area contributed by atoms with Crippen LogP contribution in [0.25, 0.3) is 0 Å². The second-order valence-electron chi connectivity index (χ2n) is 10.9. The number of aromatic nitrogens is 2. The molecule has 3 aromatic rings. The molecular formula is C29H34ClN7O3. The minimum atomic E-state index is -0.463. The van der Waals surface area contributed by atoms with Crippen LogP contribution in [-0.4, -0.2) is 64.5 Å². The fraction of sp³-hybridized carbons (Fsp3) is 0.414. The zero-order valence-corrected chi connectivity index (χ0v) is 23.6. The van der Waals surface area contributed by atoms with Gasteiger partial charge in [-0.25, -0.2) is 4.79 Å². The van der Waals surface area contributed by atoms with E-state index in [2.05, 4.69) is 20.6 Å². The number of nitrogens with one attached hydrogen (secondary N) is 2. The van der Waals surface area contributed by atoms with E-state index in [0.29, 0.717) is 23.7 Å². The Hall–Kier alpha value is -3.60. The monoisotopic (exact) mass is 563 g/mol. The Kier molecular flexibility index (Phi) is 7.39. The first kappa shape index (κ1) is 26.6. The van der Waals surface area contributed by atoms with Crippen molar-refractivity contribution in [1.82, 2.24) is 25.1 Å². The smallest absolute Gasteiger partial charge is 0.351 e. The number of amides is 2. The van der Waals surface area contributed by atoms with Crippen molar-refractivity contribution in [3.8, 4) is 0 Å². The van der Waals surface area contributed by atoms with E-state index in [9.17, 15) is 9.59 Å². The zero-order chi connectivity index (χ0) is 27.8. The number of anilines is 3. The number of fused-ring (bicyclic) bond motifs is 2. The van der Waals surface area contributed by atoms with E-state index in [1.807, 2.05) is 38.2 Å². The highest BCUT2D eigenvalue weighted by molar-refractivity contribution is 6.31. The fourth-order valence-corrected chi connectivity index (χ4v) is 5.51. The van der Waals surface area contributed by atoms with Crippen LogP contribution in [0.5, 0.6) is 0 Å². The molecule has 3 aliphatic rings. The number of halogens is 1. The van der Waals surface area contributed by atoms with Gasteiger partial charge < -0.3 is 25.3 Å². The van der Waals surface area contributed by atoms with E-state index in [4.69, 9.17) is 16.4 Å². The number of nitrogens with zero attached hydrogens (tertiary/aromatic N) is 5. The number of hydroxylamine groups is 2. The van der Waals surface area contributed by atoms with Gasteiger partial charge in [-0.1, -0.05) is 17.7 Å². The minimum absolute atomic E-state index is 0.134. The summed E-state index contributed by atoms with van der Waals surface area (Å²) in [6, 6.07) is 11.0. The molecule has 2 aliphatic heterocycles. The normalized spacial score (nSPS) is 17.4. The van der Waals surface area contributed by atoms with Gasteiger partial charge in [-0.05, 0) is 67.1 Å². The molecule has 0 bridgehead atoms. The van der Waals surface area contributed by atoms with Crippen LogP contribution in [-0.2, 0) is 25.0 Å². The van der Waals surface area contributed by atoms with Crippen molar-refractivity contribution >= 4 is 40.8 Å². The van der Waals surface area contributed by atoms with Gasteiger partial charge in [0.1, 0.15) is 5.82 Å². The Morgan fingerprint density at radius 2 is 1.93 bits per heavy atom. The zero-order valence-electron chi connectivity index (χ0n) is 22.8. The molecule has 6 rings (SSSR count). The summed E-state index contributed by atoms with van der Waals surface area (Å²) in [7, 11) is 1.86. The number of piperazine rings is 1. The number of benzene rings is 2. The molecule has 0 atom stereocenters. The van der Waals surface area contributed by atoms with Gasteiger partial charge in [0.25, 0.3) is 5.91 Å². The SMILES string of the molecule is Cc1cc(C(=O)N2Cc3cnn(C)c3Nc3cc(Cl)ccc32)ccc1CNC(=O)ON1CCN(CC2CC2)CC1. The van der Waals surface area contributed by atoms with E-state index < -0.39 is 6.09 Å². The average molecular weight is 564 g/mol. The highest BCUT2D eigenvalue weighted by Gasteiger charge is 2.29. The van der Waals surface area contributed by atoms with Crippen LogP contribution in [0.2, 0.25) is 5.02 Å². The molecule has 40 heavy (non-hydrogen) atoms. The summed E-state index contributed by atoms with van der Waals surface area (Å²) in [6.07, 6.45) is 4.00. The van der Waals surface area contributed by atoms with Crippen LogP contribution < -0.4 is 15.5 Å². The summed E-state index contributed by atoms with van der Waals surface area (Å²) in [5.74, 6) is 1.55. The topological polar surface area (TPSA) is 95.0 Å². The minimum Gasteiger partial charge on any atom is -0.351 e.